The number of nitrogens with two attached hydrogens (primary N) is 1. The predicted molar refractivity (Wildman–Crippen MR) is 85.9 cm³/mol. The number of rotatable bonds is 6. The molecule has 5 heteroatoms. The zero-order chi connectivity index (χ0) is 14.4. The molecule has 1 aromatic carbocycles. The lowest BCUT2D eigenvalue weighted by molar-refractivity contribution is 0.863. The van der Waals surface area contributed by atoms with Gasteiger partial charge in [0.1, 0.15) is 11.6 Å². The molecule has 0 spiro atoms. The van der Waals surface area contributed by atoms with E-state index in [4.69, 9.17) is 5.73 Å². The van der Waals surface area contributed by atoms with E-state index in [1.165, 1.54) is 11.1 Å². The van der Waals surface area contributed by atoms with Crippen LogP contribution in [-0.4, -0.2) is 23.1 Å². The molecule has 0 atom stereocenters. The van der Waals surface area contributed by atoms with E-state index in [2.05, 4.69) is 56.3 Å². The van der Waals surface area contributed by atoms with Gasteiger partial charge in [0.25, 0.3) is 0 Å². The zero-order valence-corrected chi connectivity index (χ0v) is 13.2. The number of hydrogen-bond donors (Lipinski definition) is 2. The summed E-state index contributed by atoms with van der Waals surface area (Å²) in [6.45, 7) is 3.54. The summed E-state index contributed by atoms with van der Waals surface area (Å²) >= 11 is 3.51. The fourth-order valence-electron chi connectivity index (χ4n) is 1.98. The summed E-state index contributed by atoms with van der Waals surface area (Å²) in [5, 5.41) is 3.33. The molecule has 4 nitrogen and oxygen atoms in total. The second kappa shape index (κ2) is 7.36. The van der Waals surface area contributed by atoms with Gasteiger partial charge in [-0.1, -0.05) is 22.0 Å². The summed E-state index contributed by atoms with van der Waals surface area (Å²) in [4.78, 5) is 8.61. The highest BCUT2D eigenvalue weighted by atomic mass is 79.9. The highest BCUT2D eigenvalue weighted by molar-refractivity contribution is 9.10. The summed E-state index contributed by atoms with van der Waals surface area (Å²) < 4.78 is 1.12. The topological polar surface area (TPSA) is 63.8 Å². The third-order valence-corrected chi connectivity index (χ3v) is 3.58. The Hall–Kier alpha value is -1.46. The first kappa shape index (κ1) is 14.9. The Morgan fingerprint density at radius 3 is 2.90 bits per heavy atom. The van der Waals surface area contributed by atoms with Gasteiger partial charge in [0, 0.05) is 23.6 Å². The Labute approximate surface area is 128 Å². The Kier molecular flexibility index (Phi) is 5.49. The lowest BCUT2D eigenvalue weighted by atomic mass is 10.1. The Balaban J connectivity index is 1.92. The van der Waals surface area contributed by atoms with Gasteiger partial charge in [-0.05, 0) is 49.2 Å². The van der Waals surface area contributed by atoms with Gasteiger partial charge in [-0.25, -0.2) is 9.97 Å². The first-order chi connectivity index (χ1) is 9.69. The lowest BCUT2D eigenvalue weighted by Crippen LogP contribution is -2.10. The number of aromatic nitrogens is 2. The highest BCUT2D eigenvalue weighted by Gasteiger charge is 2.01. The molecule has 1 aromatic heterocycles. The molecule has 1 heterocycles. The van der Waals surface area contributed by atoms with E-state index < -0.39 is 0 Å². The number of anilines is 1. The minimum atomic E-state index is 0.570. The van der Waals surface area contributed by atoms with Crippen molar-refractivity contribution in [1.82, 2.24) is 9.97 Å². The average molecular weight is 335 g/mol. The van der Waals surface area contributed by atoms with Crippen molar-refractivity contribution in [2.45, 2.75) is 19.8 Å². The molecule has 0 fully saturated rings. The van der Waals surface area contributed by atoms with Gasteiger partial charge in [0.2, 0.25) is 0 Å². The molecule has 3 N–H and O–H groups in total. The zero-order valence-electron chi connectivity index (χ0n) is 11.6. The van der Waals surface area contributed by atoms with Crippen molar-refractivity contribution in [3.8, 4) is 0 Å². The first-order valence-electron chi connectivity index (χ1n) is 6.70. The highest BCUT2D eigenvalue weighted by Crippen LogP contribution is 2.16. The van der Waals surface area contributed by atoms with E-state index in [0.29, 0.717) is 13.0 Å². The molecule has 0 aliphatic rings. The van der Waals surface area contributed by atoms with Crippen molar-refractivity contribution in [3.05, 3.63) is 51.9 Å². The van der Waals surface area contributed by atoms with Crippen molar-refractivity contribution in [1.29, 1.82) is 0 Å². The van der Waals surface area contributed by atoms with Crippen molar-refractivity contribution in [2.24, 2.45) is 5.73 Å². The quantitative estimate of drug-likeness (QED) is 0.852. The van der Waals surface area contributed by atoms with Gasteiger partial charge in [0.05, 0.1) is 0 Å². The van der Waals surface area contributed by atoms with Gasteiger partial charge in [-0.3, -0.25) is 0 Å². The summed E-state index contributed by atoms with van der Waals surface area (Å²) in [6, 6.07) is 8.24. The van der Waals surface area contributed by atoms with Crippen LogP contribution < -0.4 is 11.1 Å². The van der Waals surface area contributed by atoms with Crippen LogP contribution in [0.4, 0.5) is 5.82 Å². The number of benzene rings is 1. The minimum absolute atomic E-state index is 0.570. The van der Waals surface area contributed by atoms with E-state index in [1.54, 1.807) is 6.20 Å². The molecule has 0 aliphatic heterocycles. The van der Waals surface area contributed by atoms with E-state index in [0.717, 1.165) is 29.1 Å². The van der Waals surface area contributed by atoms with Crippen LogP contribution in [0, 0.1) is 6.92 Å². The van der Waals surface area contributed by atoms with Gasteiger partial charge >= 0.3 is 0 Å². The maximum atomic E-state index is 5.51. The predicted octanol–water partition coefficient (Wildman–Crippen LogP) is 2.70. The molecule has 0 amide bonds. The van der Waals surface area contributed by atoms with Crippen LogP contribution in [0.25, 0.3) is 0 Å². The minimum Gasteiger partial charge on any atom is -0.370 e. The number of nitrogens with one attached hydrogen (secondary N) is 1. The van der Waals surface area contributed by atoms with E-state index in [-0.39, 0.29) is 0 Å². The van der Waals surface area contributed by atoms with Crippen LogP contribution in [0.15, 0.2) is 34.9 Å². The van der Waals surface area contributed by atoms with Gasteiger partial charge in [-0.15, -0.1) is 0 Å². The van der Waals surface area contributed by atoms with E-state index in [1.807, 2.05) is 6.07 Å². The average Bonchev–Trinajstić information content (AvgIpc) is 2.43. The second-order valence-corrected chi connectivity index (χ2v) is 5.56. The van der Waals surface area contributed by atoms with Crippen LogP contribution >= 0.6 is 15.9 Å². The first-order valence-corrected chi connectivity index (χ1v) is 7.49. The normalized spacial score (nSPS) is 10.6. The van der Waals surface area contributed by atoms with E-state index >= 15 is 0 Å². The summed E-state index contributed by atoms with van der Waals surface area (Å²) in [7, 11) is 0. The molecule has 0 aliphatic carbocycles. The Morgan fingerprint density at radius 1 is 1.25 bits per heavy atom. The maximum Gasteiger partial charge on any atom is 0.131 e. The van der Waals surface area contributed by atoms with E-state index in [9.17, 15) is 0 Å². The fourth-order valence-corrected chi connectivity index (χ4v) is 2.39. The maximum absolute atomic E-state index is 5.51. The number of halogens is 1. The number of hydrogen-bond acceptors (Lipinski definition) is 4. The van der Waals surface area contributed by atoms with Crippen molar-refractivity contribution >= 4 is 21.7 Å². The molecule has 0 bridgehead atoms. The Bertz CT molecular complexity index is 572. The van der Waals surface area contributed by atoms with Crippen LogP contribution in [0.2, 0.25) is 0 Å². The Morgan fingerprint density at radius 2 is 2.10 bits per heavy atom. The molecule has 106 valence electrons. The largest absolute Gasteiger partial charge is 0.370 e. The van der Waals surface area contributed by atoms with Crippen molar-refractivity contribution in [2.75, 3.05) is 18.4 Å². The van der Waals surface area contributed by atoms with Gasteiger partial charge in [-0.2, -0.15) is 0 Å². The molecule has 0 unspecified atom stereocenters. The molecule has 0 saturated heterocycles. The number of nitrogens with zero attached hydrogens (tertiary/aromatic N) is 2. The third kappa shape index (κ3) is 4.28. The number of aryl methyl sites for hydroxylation is 1. The third-order valence-electron chi connectivity index (χ3n) is 3.09. The van der Waals surface area contributed by atoms with Crippen LogP contribution in [0.1, 0.15) is 17.0 Å². The van der Waals surface area contributed by atoms with Crippen LogP contribution in [-0.2, 0) is 12.8 Å². The SMILES string of the molecule is Cc1ccc(Br)cc1CCNc1ccnc(CCN)n1. The summed E-state index contributed by atoms with van der Waals surface area (Å²) in [5.74, 6) is 1.65. The van der Waals surface area contributed by atoms with Gasteiger partial charge < -0.3 is 11.1 Å². The molecular weight excluding hydrogens is 316 g/mol. The molecule has 2 rings (SSSR count). The molecule has 0 saturated carbocycles. The standard InChI is InChI=1S/C15H19BrN4/c1-11-2-3-13(16)10-12(11)5-8-18-15-6-9-19-14(20-15)4-7-17/h2-3,6,9-10H,4-5,7-8,17H2,1H3,(H,18,19,20). The fraction of sp³-hybridized carbons (Fsp3) is 0.333. The van der Waals surface area contributed by atoms with Crippen molar-refractivity contribution < 1.29 is 0 Å². The summed E-state index contributed by atoms with van der Waals surface area (Å²) in [6.07, 6.45) is 3.44. The van der Waals surface area contributed by atoms with Crippen LogP contribution in [0.3, 0.4) is 0 Å². The summed E-state index contributed by atoms with van der Waals surface area (Å²) in [5.41, 5.74) is 8.16. The smallest absolute Gasteiger partial charge is 0.131 e. The molecule has 0 radical (unpaired) electrons. The second-order valence-electron chi connectivity index (χ2n) is 4.64. The monoisotopic (exact) mass is 334 g/mol. The van der Waals surface area contributed by atoms with Gasteiger partial charge in [0.15, 0.2) is 0 Å². The van der Waals surface area contributed by atoms with Crippen LogP contribution in [0.5, 0.6) is 0 Å². The lowest BCUT2D eigenvalue weighted by Gasteiger charge is -2.09. The molecular formula is C15H19BrN4. The molecule has 2 aromatic rings. The van der Waals surface area contributed by atoms with Crippen molar-refractivity contribution in [3.63, 3.8) is 0 Å². The molecule has 20 heavy (non-hydrogen) atoms.